The van der Waals surface area contributed by atoms with Crippen molar-refractivity contribution >= 4 is 0 Å². The topological polar surface area (TPSA) is 12.0 Å². The first kappa shape index (κ1) is 17.9. The SMILES string of the molecule is CC.CCCC.CCCNCC. The number of nitrogens with one attached hydrogen (secondary N) is 1. The molecule has 0 aromatic heterocycles. The predicted octanol–water partition coefficient (Wildman–Crippen LogP) is 3.84. The zero-order valence-corrected chi connectivity index (χ0v) is 10.0. The summed E-state index contributed by atoms with van der Waals surface area (Å²) in [6.07, 6.45) is 3.88. The summed E-state index contributed by atoms with van der Waals surface area (Å²) in [6.45, 7) is 14.9. The third-order valence-corrected chi connectivity index (χ3v) is 1.18. The average Bonchev–Trinajstić information content (AvgIpc) is 2.18. The second-order valence-electron chi connectivity index (χ2n) is 2.35. The fourth-order valence-corrected chi connectivity index (χ4v) is 0.354. The minimum absolute atomic E-state index is 1.10. The van der Waals surface area contributed by atoms with Gasteiger partial charge in [0.25, 0.3) is 0 Å². The predicted molar refractivity (Wildman–Crippen MR) is 60.8 cm³/mol. The highest BCUT2D eigenvalue weighted by atomic mass is 14.8. The lowest BCUT2D eigenvalue weighted by Crippen LogP contribution is -2.12. The maximum Gasteiger partial charge on any atom is -0.00517 e. The molecule has 0 spiro atoms. The Kier molecular flexibility index (Phi) is 45.6. The van der Waals surface area contributed by atoms with Crippen molar-refractivity contribution in [1.29, 1.82) is 0 Å². The Balaban J connectivity index is -0.000000118. The Morgan fingerprint density at radius 2 is 1.17 bits per heavy atom. The summed E-state index contributed by atoms with van der Waals surface area (Å²) < 4.78 is 0. The first-order valence-corrected chi connectivity index (χ1v) is 5.54. The van der Waals surface area contributed by atoms with E-state index in [0.717, 1.165) is 13.1 Å². The van der Waals surface area contributed by atoms with E-state index in [9.17, 15) is 0 Å². The van der Waals surface area contributed by atoms with Crippen molar-refractivity contribution in [2.45, 2.75) is 60.8 Å². The Labute approximate surface area is 80.0 Å². The molecule has 0 bridgehead atoms. The van der Waals surface area contributed by atoms with Gasteiger partial charge in [0.05, 0.1) is 0 Å². The third kappa shape index (κ3) is 51.0. The van der Waals surface area contributed by atoms with Gasteiger partial charge in [-0.3, -0.25) is 0 Å². The number of hydrogen-bond acceptors (Lipinski definition) is 1. The minimum atomic E-state index is 1.10. The van der Waals surface area contributed by atoms with Crippen molar-refractivity contribution in [2.75, 3.05) is 13.1 Å². The quantitative estimate of drug-likeness (QED) is 0.640. The molecule has 0 aliphatic heterocycles. The van der Waals surface area contributed by atoms with Crippen LogP contribution >= 0.6 is 0 Å². The molecule has 0 aromatic carbocycles. The summed E-state index contributed by atoms with van der Waals surface area (Å²) in [4.78, 5) is 0. The second-order valence-corrected chi connectivity index (χ2v) is 2.35. The van der Waals surface area contributed by atoms with Crippen LogP contribution < -0.4 is 5.32 Å². The molecule has 1 heteroatoms. The van der Waals surface area contributed by atoms with Gasteiger partial charge in [-0.1, -0.05) is 54.4 Å². The van der Waals surface area contributed by atoms with E-state index in [1.807, 2.05) is 13.8 Å². The fourth-order valence-electron chi connectivity index (χ4n) is 0.354. The van der Waals surface area contributed by atoms with Crippen LogP contribution in [0.3, 0.4) is 0 Å². The van der Waals surface area contributed by atoms with Crippen LogP contribution in [0.25, 0.3) is 0 Å². The van der Waals surface area contributed by atoms with Crippen molar-refractivity contribution in [3.63, 3.8) is 0 Å². The lowest BCUT2D eigenvalue weighted by Gasteiger charge is -1.91. The molecular weight excluding hydrogens is 146 g/mol. The monoisotopic (exact) mass is 175 g/mol. The number of hydrogen-bond donors (Lipinski definition) is 1. The summed E-state index contributed by atoms with van der Waals surface area (Å²) in [5.41, 5.74) is 0. The molecule has 0 saturated carbocycles. The summed E-state index contributed by atoms with van der Waals surface area (Å²) in [5.74, 6) is 0. The van der Waals surface area contributed by atoms with Crippen LogP contribution in [0.4, 0.5) is 0 Å². The molecule has 12 heavy (non-hydrogen) atoms. The van der Waals surface area contributed by atoms with Crippen molar-refractivity contribution in [3.05, 3.63) is 0 Å². The molecule has 0 heterocycles. The van der Waals surface area contributed by atoms with Crippen LogP contribution in [0.5, 0.6) is 0 Å². The van der Waals surface area contributed by atoms with Crippen LogP contribution in [-0.2, 0) is 0 Å². The van der Waals surface area contributed by atoms with Crippen LogP contribution in [0.2, 0.25) is 0 Å². The lowest BCUT2D eigenvalue weighted by molar-refractivity contribution is 0.703. The molecule has 0 radical (unpaired) electrons. The molecule has 0 rings (SSSR count). The maximum atomic E-state index is 3.20. The average molecular weight is 175 g/mol. The van der Waals surface area contributed by atoms with Crippen LogP contribution in [0.1, 0.15) is 60.8 Å². The van der Waals surface area contributed by atoms with E-state index in [1.54, 1.807) is 0 Å². The number of unbranched alkanes of at least 4 members (excludes halogenated alkanes) is 1. The molecular formula is C11H29N. The summed E-state index contributed by atoms with van der Waals surface area (Å²) in [7, 11) is 0. The van der Waals surface area contributed by atoms with Gasteiger partial charge in [0.2, 0.25) is 0 Å². The minimum Gasteiger partial charge on any atom is -0.317 e. The largest absolute Gasteiger partial charge is 0.317 e. The van der Waals surface area contributed by atoms with E-state index < -0.39 is 0 Å². The normalized spacial score (nSPS) is 7.50. The molecule has 0 aliphatic rings. The third-order valence-electron chi connectivity index (χ3n) is 1.18. The van der Waals surface area contributed by atoms with Gasteiger partial charge in [0, 0.05) is 0 Å². The van der Waals surface area contributed by atoms with E-state index >= 15 is 0 Å². The molecule has 0 aromatic rings. The molecule has 0 fully saturated rings. The first-order valence-electron chi connectivity index (χ1n) is 5.54. The smallest absolute Gasteiger partial charge is 0.00517 e. The molecule has 0 saturated heterocycles. The van der Waals surface area contributed by atoms with Gasteiger partial charge in [0.15, 0.2) is 0 Å². The van der Waals surface area contributed by atoms with E-state index in [4.69, 9.17) is 0 Å². The van der Waals surface area contributed by atoms with Gasteiger partial charge in [0.1, 0.15) is 0 Å². The van der Waals surface area contributed by atoms with E-state index in [-0.39, 0.29) is 0 Å². The zero-order chi connectivity index (χ0) is 10.2. The molecule has 0 unspecified atom stereocenters. The van der Waals surface area contributed by atoms with E-state index in [0.29, 0.717) is 0 Å². The highest BCUT2D eigenvalue weighted by molar-refractivity contribution is 4.35. The van der Waals surface area contributed by atoms with Gasteiger partial charge >= 0.3 is 0 Å². The number of rotatable bonds is 4. The van der Waals surface area contributed by atoms with Crippen LogP contribution in [0.15, 0.2) is 0 Å². The van der Waals surface area contributed by atoms with Gasteiger partial charge in [-0.15, -0.1) is 0 Å². The van der Waals surface area contributed by atoms with Gasteiger partial charge in [-0.05, 0) is 19.5 Å². The standard InChI is InChI=1S/C5H13N.C4H10.C2H6/c1-3-5-6-4-2;1-3-4-2;1-2/h6H,3-5H2,1-2H3;3-4H2,1-2H3;1-2H3. The van der Waals surface area contributed by atoms with Crippen molar-refractivity contribution in [1.82, 2.24) is 5.32 Å². The summed E-state index contributed by atoms with van der Waals surface area (Å²) >= 11 is 0. The Morgan fingerprint density at radius 1 is 0.750 bits per heavy atom. The Morgan fingerprint density at radius 3 is 1.25 bits per heavy atom. The highest BCUT2D eigenvalue weighted by Gasteiger charge is 1.71. The second kappa shape index (κ2) is 30.6. The molecule has 78 valence electrons. The van der Waals surface area contributed by atoms with E-state index in [2.05, 4.69) is 33.0 Å². The lowest BCUT2D eigenvalue weighted by atomic mass is 10.4. The van der Waals surface area contributed by atoms with E-state index in [1.165, 1.54) is 19.3 Å². The van der Waals surface area contributed by atoms with Crippen molar-refractivity contribution in [3.8, 4) is 0 Å². The Bertz CT molecular complexity index is 30.0. The van der Waals surface area contributed by atoms with Crippen LogP contribution in [0, 0.1) is 0 Å². The van der Waals surface area contributed by atoms with Crippen molar-refractivity contribution in [2.24, 2.45) is 0 Å². The van der Waals surface area contributed by atoms with Crippen LogP contribution in [-0.4, -0.2) is 13.1 Å². The molecule has 0 atom stereocenters. The van der Waals surface area contributed by atoms with Crippen molar-refractivity contribution < 1.29 is 0 Å². The van der Waals surface area contributed by atoms with Gasteiger partial charge < -0.3 is 5.32 Å². The van der Waals surface area contributed by atoms with Gasteiger partial charge in [-0.2, -0.15) is 0 Å². The summed E-state index contributed by atoms with van der Waals surface area (Å²) in [5, 5.41) is 3.20. The highest BCUT2D eigenvalue weighted by Crippen LogP contribution is 1.76. The van der Waals surface area contributed by atoms with Gasteiger partial charge in [-0.25, -0.2) is 0 Å². The Hall–Kier alpha value is -0.0400. The zero-order valence-electron chi connectivity index (χ0n) is 10.0. The first-order chi connectivity index (χ1) is 5.83. The molecule has 0 aliphatic carbocycles. The molecule has 0 amide bonds. The maximum absolute atomic E-state index is 3.20. The molecule has 1 N–H and O–H groups in total. The molecule has 1 nitrogen and oxygen atoms in total. The summed E-state index contributed by atoms with van der Waals surface area (Å²) in [6, 6.07) is 0. The fraction of sp³-hybridized carbons (Fsp3) is 1.00.